The summed E-state index contributed by atoms with van der Waals surface area (Å²) in [5, 5.41) is 6.07. The third kappa shape index (κ3) is 22.6. The lowest BCUT2D eigenvalue weighted by Crippen LogP contribution is -2.43. The van der Waals surface area contributed by atoms with E-state index in [0.717, 1.165) is 25.3 Å². The highest BCUT2D eigenvalue weighted by molar-refractivity contribution is 8.13. The summed E-state index contributed by atoms with van der Waals surface area (Å²) < 4.78 is 125. The molecule has 1 saturated heterocycles. The fourth-order valence-corrected chi connectivity index (χ4v) is 7.62. The molecule has 21 nitrogen and oxygen atoms in total. The number of nitrogens with zero attached hydrogens (tertiary/aromatic N) is 4. The molecule has 474 valence electrons. The van der Waals surface area contributed by atoms with Crippen molar-refractivity contribution in [3.8, 4) is 23.0 Å². The van der Waals surface area contributed by atoms with Crippen LogP contribution in [0.1, 0.15) is 142 Å². The highest BCUT2D eigenvalue weighted by atomic mass is 32.2. The molecule has 28 heteroatoms. The number of benzene rings is 2. The number of aromatic nitrogens is 3. The molecular weight excluding hydrogens is 1170 g/mol. The number of alkyl halides is 6. The Morgan fingerprint density at radius 1 is 0.674 bits per heavy atom. The number of rotatable bonds is 13. The number of ether oxygens (including phenoxy) is 8. The molecule has 5 aromatic rings. The van der Waals surface area contributed by atoms with Gasteiger partial charge in [0.1, 0.15) is 57.7 Å². The summed E-state index contributed by atoms with van der Waals surface area (Å²) in [6.07, 6.45) is -6.39. The number of thioether (sulfide) groups is 1. The molecule has 1 fully saturated rings. The van der Waals surface area contributed by atoms with E-state index in [1.54, 1.807) is 95.4 Å². The Morgan fingerprint density at radius 3 is 1.63 bits per heavy atom. The topological polar surface area (TPSA) is 264 Å². The first-order chi connectivity index (χ1) is 39.9. The van der Waals surface area contributed by atoms with Crippen molar-refractivity contribution < 1.29 is 97.4 Å². The number of carbonyl (C=O) groups is 6. The number of halogens is 6. The molecule has 0 unspecified atom stereocenters. The van der Waals surface area contributed by atoms with Crippen LogP contribution < -0.4 is 20.1 Å². The van der Waals surface area contributed by atoms with Crippen LogP contribution in [0, 0.1) is 5.41 Å². The van der Waals surface area contributed by atoms with Crippen LogP contribution in [0.5, 0.6) is 11.5 Å². The smallest absolute Gasteiger partial charge is 0.433 e. The predicted molar refractivity (Wildman–Crippen MR) is 307 cm³/mol. The number of pyridine rings is 2. The van der Waals surface area contributed by atoms with Crippen molar-refractivity contribution in [1.82, 2.24) is 25.6 Å². The van der Waals surface area contributed by atoms with Gasteiger partial charge in [-0.1, -0.05) is 0 Å². The zero-order valence-corrected chi connectivity index (χ0v) is 51.6. The van der Waals surface area contributed by atoms with Gasteiger partial charge in [0.2, 0.25) is 5.89 Å². The normalized spacial score (nSPS) is 13.4. The number of carbonyl (C=O) groups excluding carboxylic acids is 6. The maximum absolute atomic E-state index is 13.3. The monoisotopic (exact) mass is 1240 g/mol. The molecule has 0 radical (unpaired) electrons. The van der Waals surface area contributed by atoms with Crippen LogP contribution in [0.15, 0.2) is 57.9 Å². The largest absolute Gasteiger partial charge is 0.494 e. The number of esters is 4. The summed E-state index contributed by atoms with van der Waals surface area (Å²) in [7, 11) is 2.67. The molecule has 2 atom stereocenters. The van der Waals surface area contributed by atoms with Gasteiger partial charge in [0, 0.05) is 35.1 Å². The number of aliphatic imine (C=N–C) groups is 1. The first kappa shape index (κ1) is 72.5. The van der Waals surface area contributed by atoms with Crippen molar-refractivity contribution in [1.29, 1.82) is 0 Å². The fourth-order valence-electron chi connectivity index (χ4n) is 7.03. The second-order valence-corrected chi connectivity index (χ2v) is 22.2. The van der Waals surface area contributed by atoms with Crippen LogP contribution >= 0.6 is 11.8 Å². The fraction of sp³-hybridized carbons (Fsp3) is 0.517. The van der Waals surface area contributed by atoms with E-state index < -0.39 is 88.5 Å². The molecule has 0 spiro atoms. The summed E-state index contributed by atoms with van der Waals surface area (Å²) in [6.45, 7) is 23.5. The Kier molecular flexibility index (Phi) is 26.6. The van der Waals surface area contributed by atoms with E-state index in [1.165, 1.54) is 76.1 Å². The predicted octanol–water partition coefficient (Wildman–Crippen LogP) is 12.4. The van der Waals surface area contributed by atoms with Gasteiger partial charge in [-0.3, -0.25) is 14.6 Å². The van der Waals surface area contributed by atoms with E-state index in [4.69, 9.17) is 37.6 Å². The average molecular weight is 1240 g/mol. The maximum Gasteiger partial charge on any atom is 0.433 e. The first-order valence-electron chi connectivity index (χ1n) is 26.7. The quantitative estimate of drug-likeness (QED) is 0.0277. The van der Waals surface area contributed by atoms with E-state index in [0.29, 0.717) is 16.0 Å². The van der Waals surface area contributed by atoms with Gasteiger partial charge in [0.25, 0.3) is 0 Å². The number of hydrogen-bond acceptors (Lipinski definition) is 20. The Bertz CT molecular complexity index is 3170. The minimum Gasteiger partial charge on any atom is -0.494 e. The van der Waals surface area contributed by atoms with Gasteiger partial charge in [-0.25, -0.2) is 34.1 Å². The number of amides is 2. The van der Waals surface area contributed by atoms with E-state index in [9.17, 15) is 55.1 Å². The van der Waals surface area contributed by atoms with Gasteiger partial charge in [0.05, 0.1) is 43.9 Å². The van der Waals surface area contributed by atoms with Gasteiger partial charge in [-0.05, 0) is 158 Å². The highest BCUT2D eigenvalue weighted by Crippen LogP contribution is 2.39. The van der Waals surface area contributed by atoms with Crippen molar-refractivity contribution in [2.45, 2.75) is 138 Å². The maximum atomic E-state index is 13.3. The zero-order valence-electron chi connectivity index (χ0n) is 50.8. The third-order valence-corrected chi connectivity index (χ3v) is 11.7. The second-order valence-electron chi connectivity index (χ2n) is 21.4. The summed E-state index contributed by atoms with van der Waals surface area (Å²) >= 11 is 1.27. The summed E-state index contributed by atoms with van der Waals surface area (Å²) in [6, 6.07) is 8.62. The lowest BCUT2D eigenvalue weighted by Gasteiger charge is -2.22. The Balaban J connectivity index is 0.000000339. The highest BCUT2D eigenvalue weighted by Gasteiger charge is 2.36. The van der Waals surface area contributed by atoms with Gasteiger partial charge in [-0.2, -0.15) is 26.3 Å². The molecule has 4 heterocycles. The molecule has 2 amide bonds. The van der Waals surface area contributed by atoms with E-state index >= 15 is 0 Å². The van der Waals surface area contributed by atoms with E-state index in [-0.39, 0.29) is 70.6 Å². The molecule has 1 aliphatic heterocycles. The molecule has 6 rings (SSSR count). The van der Waals surface area contributed by atoms with Crippen molar-refractivity contribution in [2.75, 3.05) is 53.4 Å². The number of oxazole rings is 1. The van der Waals surface area contributed by atoms with Crippen LogP contribution in [0.4, 0.5) is 35.9 Å². The number of alkyl carbamates (subject to hydrolysis) is 2. The minimum absolute atomic E-state index is 0.0156. The molecule has 0 saturated carbocycles. The molecule has 1 aliphatic rings. The first-order valence-corrected chi connectivity index (χ1v) is 28.0. The molecule has 2 N–H and O–H groups in total. The standard InChI is InChI=1S/C24H26F3N3O6.C17H17F3N2O3S.C13H23NO5.C4H8O/c1-7-34-21(31)18-19(12(2)28-22(32)36-23(3,4)5)35-20(30-18)14-8-10-15(33-6)17-13(14)9-11-16(29-17)24(25,26)27;1-4-25-14(23)9-21-16(26-3)11-5-7-12(24-2)15-10(11)6-8-13(22-15)17(18,19)20;1-8(14-11(17)19-13(5,6)7)9(15)18-10(16)12(2,3)4;1-2-4-5-3-1/h8-12H,7H2,1-6H3,(H,28,32);5-8H,4,9H2,1-3H3;8H,1-7H3,(H,14,17);1-4H2/t12-;;8-;/m0.0./s1. The van der Waals surface area contributed by atoms with Crippen molar-refractivity contribution in [3.63, 3.8) is 0 Å². The Labute approximate surface area is 498 Å². The number of methoxy groups -OCH3 is 2. The van der Waals surface area contributed by atoms with Gasteiger partial charge >= 0.3 is 48.4 Å². The van der Waals surface area contributed by atoms with Crippen LogP contribution in [0.3, 0.4) is 0 Å². The Morgan fingerprint density at radius 2 is 1.17 bits per heavy atom. The summed E-state index contributed by atoms with van der Waals surface area (Å²) in [4.78, 5) is 86.8. The number of hydrogen-bond donors (Lipinski definition) is 2. The minimum atomic E-state index is -4.66. The van der Waals surface area contributed by atoms with E-state index in [2.05, 4.69) is 35.3 Å². The Hall–Kier alpha value is -7.75. The van der Waals surface area contributed by atoms with E-state index in [1.807, 2.05) is 0 Å². The SMILES string of the molecule is C1CCOC1.CCOC(=O)CN=C(SC)c1ccc(OC)c2nc(C(F)(F)F)ccc12.CCOC(=O)c1nc(-c2ccc(OC)c3nc(C(F)(F)F)ccc23)oc1[C@H](C)NC(=O)OC(C)(C)C.C[C@H](NC(=O)OC(C)(C)C)C(=O)OC(=O)C(C)(C)C. The molecule has 0 aliphatic carbocycles. The molecule has 2 aromatic carbocycles. The third-order valence-electron chi connectivity index (χ3n) is 10.9. The van der Waals surface area contributed by atoms with Crippen molar-refractivity contribution in [2.24, 2.45) is 10.4 Å². The second kappa shape index (κ2) is 31.6. The van der Waals surface area contributed by atoms with Crippen LogP contribution in [0.25, 0.3) is 33.3 Å². The van der Waals surface area contributed by atoms with Gasteiger partial charge < -0.3 is 52.9 Å². The van der Waals surface area contributed by atoms with Crippen molar-refractivity contribution in [3.05, 3.63) is 76.9 Å². The van der Waals surface area contributed by atoms with Gasteiger partial charge in [0.15, 0.2) is 11.5 Å². The molecule has 86 heavy (non-hydrogen) atoms. The summed E-state index contributed by atoms with van der Waals surface area (Å²) in [5.74, 6) is -2.50. The molecule has 0 bridgehead atoms. The lowest BCUT2D eigenvalue weighted by atomic mass is 9.97. The lowest BCUT2D eigenvalue weighted by molar-refractivity contribution is -0.166. The number of fused-ring (bicyclic) bond motifs is 2. The molecular formula is C58H74F6N6O15S. The van der Waals surface area contributed by atoms with Gasteiger partial charge in [-0.15, -0.1) is 11.8 Å². The summed E-state index contributed by atoms with van der Waals surface area (Å²) in [5.41, 5.74) is -3.65. The number of nitrogens with one attached hydrogen (secondary N) is 2. The van der Waals surface area contributed by atoms with Crippen LogP contribution in [0.2, 0.25) is 0 Å². The van der Waals surface area contributed by atoms with Crippen LogP contribution in [-0.4, -0.2) is 127 Å². The average Bonchev–Trinajstić information content (AvgIpc) is 1.39. The van der Waals surface area contributed by atoms with Crippen molar-refractivity contribution >= 4 is 74.7 Å². The van der Waals surface area contributed by atoms with Crippen LogP contribution in [-0.2, 0) is 55.2 Å². The zero-order chi connectivity index (χ0) is 65.1. The molecule has 3 aromatic heterocycles.